The largest absolute Gasteiger partial charge is 0.497 e. The van der Waals surface area contributed by atoms with Crippen LogP contribution in [-0.2, 0) is 26.2 Å². The number of nitrogens with one attached hydrogen (secondary N) is 1. The number of rotatable bonds is 12. The molecule has 1 aliphatic rings. The summed E-state index contributed by atoms with van der Waals surface area (Å²) in [5.74, 6) is 0.142. The van der Waals surface area contributed by atoms with E-state index in [1.807, 2.05) is 19.1 Å². The molecule has 0 aliphatic heterocycles. The molecule has 3 rings (SSSR count). The van der Waals surface area contributed by atoms with Crippen molar-refractivity contribution in [3.8, 4) is 11.5 Å². The lowest BCUT2D eigenvalue weighted by Gasteiger charge is -2.33. The number of halogens is 1. The molecule has 0 saturated heterocycles. The highest BCUT2D eigenvalue weighted by molar-refractivity contribution is 7.92. The van der Waals surface area contributed by atoms with Crippen LogP contribution in [-0.4, -0.2) is 64.2 Å². The Morgan fingerprint density at radius 3 is 2.29 bits per heavy atom. The number of hydrogen-bond donors (Lipinski definition) is 1. The highest BCUT2D eigenvalue weighted by Crippen LogP contribution is 2.33. The van der Waals surface area contributed by atoms with Gasteiger partial charge in [0.2, 0.25) is 21.8 Å². The van der Waals surface area contributed by atoms with Gasteiger partial charge in [-0.05, 0) is 55.2 Å². The van der Waals surface area contributed by atoms with Crippen LogP contribution in [0.5, 0.6) is 11.5 Å². The van der Waals surface area contributed by atoms with Crippen LogP contribution in [0.4, 0.5) is 5.69 Å². The zero-order valence-electron chi connectivity index (χ0n) is 22.3. The molecule has 0 aromatic heterocycles. The summed E-state index contributed by atoms with van der Waals surface area (Å²) in [6.07, 6.45) is 5.30. The molecule has 0 heterocycles. The maximum absolute atomic E-state index is 13.9. The second-order valence-corrected chi connectivity index (χ2v) is 11.7. The summed E-state index contributed by atoms with van der Waals surface area (Å²) in [6, 6.07) is 11.0. The molecule has 0 radical (unpaired) electrons. The van der Waals surface area contributed by atoms with E-state index in [0.29, 0.717) is 17.2 Å². The van der Waals surface area contributed by atoms with Crippen LogP contribution in [0.3, 0.4) is 0 Å². The van der Waals surface area contributed by atoms with Crippen molar-refractivity contribution in [3.63, 3.8) is 0 Å². The monoisotopic (exact) mass is 565 g/mol. The molecule has 0 bridgehead atoms. The average molecular weight is 566 g/mol. The summed E-state index contributed by atoms with van der Waals surface area (Å²) in [6.45, 7) is 1.42. The van der Waals surface area contributed by atoms with Gasteiger partial charge in [-0.25, -0.2) is 8.42 Å². The molecule has 1 N–H and O–H groups in total. The number of hydrogen-bond acceptors (Lipinski definition) is 6. The normalized spacial score (nSPS) is 14.6. The number of nitrogens with zero attached hydrogens (tertiary/aromatic N) is 2. The molecule has 2 aromatic rings. The maximum Gasteiger partial charge on any atom is 0.244 e. The number of carbonyl (C=O) groups excluding carboxylic acids is 2. The molecule has 1 fully saturated rings. The minimum atomic E-state index is -3.92. The molecule has 208 valence electrons. The van der Waals surface area contributed by atoms with Gasteiger partial charge in [0.25, 0.3) is 0 Å². The molecule has 1 aliphatic carbocycles. The number of ether oxygens (including phenoxy) is 2. The quantitative estimate of drug-likeness (QED) is 0.417. The first kappa shape index (κ1) is 29.6. The zero-order chi connectivity index (χ0) is 27.9. The van der Waals surface area contributed by atoms with E-state index in [1.54, 1.807) is 31.4 Å². The Balaban J connectivity index is 1.96. The van der Waals surface area contributed by atoms with Crippen molar-refractivity contribution in [2.45, 2.75) is 57.7 Å². The summed E-state index contributed by atoms with van der Waals surface area (Å²) >= 11 is 6.16. The van der Waals surface area contributed by atoms with E-state index in [1.165, 1.54) is 18.1 Å². The third-order valence-electron chi connectivity index (χ3n) is 6.69. The van der Waals surface area contributed by atoms with E-state index in [-0.39, 0.29) is 29.9 Å². The molecule has 0 spiro atoms. The van der Waals surface area contributed by atoms with E-state index >= 15 is 0 Å². The van der Waals surface area contributed by atoms with Crippen molar-refractivity contribution >= 4 is 39.1 Å². The van der Waals surface area contributed by atoms with Crippen molar-refractivity contribution in [1.82, 2.24) is 10.2 Å². The van der Waals surface area contributed by atoms with Gasteiger partial charge in [0.15, 0.2) is 0 Å². The average Bonchev–Trinajstić information content (AvgIpc) is 3.39. The van der Waals surface area contributed by atoms with Crippen molar-refractivity contribution < 1.29 is 27.5 Å². The van der Waals surface area contributed by atoms with Crippen molar-refractivity contribution in [2.24, 2.45) is 0 Å². The Bertz CT molecular complexity index is 1220. The standard InChI is InChI=1S/C27H36ClN3O6S/c1-5-23(27(33)29-21-8-6-7-9-21)30(17-19-10-13-22(36-2)14-11-19)26(32)18-31(38(4,34)35)24-16-20(28)12-15-25(24)37-3/h10-16,21,23H,5-9,17-18H2,1-4H3,(H,29,33)/t23-/m0/s1. The van der Waals surface area contributed by atoms with Crippen molar-refractivity contribution in [3.05, 3.63) is 53.1 Å². The molecule has 1 atom stereocenters. The zero-order valence-corrected chi connectivity index (χ0v) is 23.8. The Hall–Kier alpha value is -2.98. The lowest BCUT2D eigenvalue weighted by molar-refractivity contribution is -0.140. The number of methoxy groups -OCH3 is 2. The summed E-state index contributed by atoms with van der Waals surface area (Å²) in [5, 5.41) is 3.38. The summed E-state index contributed by atoms with van der Waals surface area (Å²) in [7, 11) is -0.946. The molecule has 0 unspecified atom stereocenters. The minimum Gasteiger partial charge on any atom is -0.497 e. The molecule has 2 aromatic carbocycles. The van der Waals surface area contributed by atoms with E-state index in [0.717, 1.165) is 41.8 Å². The first-order valence-electron chi connectivity index (χ1n) is 12.6. The second-order valence-electron chi connectivity index (χ2n) is 9.37. The number of anilines is 1. The van der Waals surface area contributed by atoms with Crippen LogP contribution >= 0.6 is 11.6 Å². The van der Waals surface area contributed by atoms with E-state index in [4.69, 9.17) is 21.1 Å². The van der Waals surface area contributed by atoms with Gasteiger partial charge in [0, 0.05) is 17.6 Å². The van der Waals surface area contributed by atoms with Crippen LogP contribution in [0.2, 0.25) is 5.02 Å². The van der Waals surface area contributed by atoms with E-state index in [9.17, 15) is 18.0 Å². The fourth-order valence-electron chi connectivity index (χ4n) is 4.67. The van der Waals surface area contributed by atoms with Crippen LogP contribution in [0.15, 0.2) is 42.5 Å². The van der Waals surface area contributed by atoms with Crippen LogP contribution < -0.4 is 19.1 Å². The van der Waals surface area contributed by atoms with Crippen LogP contribution in [0, 0.1) is 0 Å². The summed E-state index contributed by atoms with van der Waals surface area (Å²) in [5.41, 5.74) is 0.918. The molecule has 1 saturated carbocycles. The first-order chi connectivity index (χ1) is 18.1. The Morgan fingerprint density at radius 1 is 1.08 bits per heavy atom. The van der Waals surface area contributed by atoms with Gasteiger partial charge in [-0.3, -0.25) is 13.9 Å². The predicted molar refractivity (Wildman–Crippen MR) is 148 cm³/mol. The Morgan fingerprint density at radius 2 is 1.74 bits per heavy atom. The molecular formula is C27H36ClN3O6S. The third kappa shape index (κ3) is 7.54. The van der Waals surface area contributed by atoms with Gasteiger partial charge in [0.1, 0.15) is 24.1 Å². The van der Waals surface area contributed by atoms with Gasteiger partial charge in [-0.2, -0.15) is 0 Å². The van der Waals surface area contributed by atoms with Gasteiger partial charge < -0.3 is 19.7 Å². The lowest BCUT2D eigenvalue weighted by atomic mass is 10.1. The third-order valence-corrected chi connectivity index (χ3v) is 8.05. The SMILES string of the molecule is CC[C@@H](C(=O)NC1CCCC1)N(Cc1ccc(OC)cc1)C(=O)CN(c1cc(Cl)ccc1OC)S(C)(=O)=O. The van der Waals surface area contributed by atoms with Gasteiger partial charge in [-0.1, -0.05) is 43.5 Å². The molecule has 11 heteroatoms. The van der Waals surface area contributed by atoms with Crippen molar-refractivity contribution in [1.29, 1.82) is 0 Å². The van der Waals surface area contributed by atoms with Crippen LogP contribution in [0.1, 0.15) is 44.6 Å². The number of amides is 2. The lowest BCUT2D eigenvalue weighted by Crippen LogP contribution is -2.53. The van der Waals surface area contributed by atoms with Gasteiger partial charge in [-0.15, -0.1) is 0 Å². The van der Waals surface area contributed by atoms with Crippen molar-refractivity contribution in [2.75, 3.05) is 31.3 Å². The molecular weight excluding hydrogens is 530 g/mol. The maximum atomic E-state index is 13.9. The Kier molecular flexibility index (Phi) is 10.3. The molecule has 9 nitrogen and oxygen atoms in total. The molecule has 2 amide bonds. The van der Waals surface area contributed by atoms with Crippen LogP contribution in [0.25, 0.3) is 0 Å². The second kappa shape index (κ2) is 13.2. The highest BCUT2D eigenvalue weighted by Gasteiger charge is 2.33. The van der Waals surface area contributed by atoms with Gasteiger partial charge >= 0.3 is 0 Å². The van der Waals surface area contributed by atoms with Gasteiger partial charge in [0.05, 0.1) is 26.2 Å². The van der Waals surface area contributed by atoms with E-state index in [2.05, 4.69) is 5.32 Å². The topological polar surface area (TPSA) is 105 Å². The molecule has 38 heavy (non-hydrogen) atoms. The number of benzene rings is 2. The highest BCUT2D eigenvalue weighted by atomic mass is 35.5. The predicted octanol–water partition coefficient (Wildman–Crippen LogP) is 3.99. The minimum absolute atomic E-state index is 0.0812. The summed E-state index contributed by atoms with van der Waals surface area (Å²) in [4.78, 5) is 28.7. The fraction of sp³-hybridized carbons (Fsp3) is 0.481. The smallest absolute Gasteiger partial charge is 0.244 e. The number of sulfonamides is 1. The Labute approximate surface area is 230 Å². The number of carbonyl (C=O) groups is 2. The fourth-order valence-corrected chi connectivity index (χ4v) is 5.68. The van der Waals surface area contributed by atoms with E-state index < -0.39 is 28.5 Å². The summed E-state index contributed by atoms with van der Waals surface area (Å²) < 4.78 is 37.3. The first-order valence-corrected chi connectivity index (χ1v) is 14.8.